The molecule has 0 bridgehead atoms. The number of carbonyl (C=O) groups is 1. The summed E-state index contributed by atoms with van der Waals surface area (Å²) in [4.78, 5) is 11.6. The smallest absolute Gasteiger partial charge is 0.155 e. The Balaban J connectivity index is 1.84. The molecule has 2 fully saturated rings. The SMILES string of the molecule is CC[C@@]1(C)CC[C@@H]2[C@H]3CCC(=O)C=C3CC[C@H]2C1C. The van der Waals surface area contributed by atoms with Gasteiger partial charge in [0.15, 0.2) is 5.78 Å². The largest absolute Gasteiger partial charge is 0.295 e. The molecule has 3 aliphatic rings. The summed E-state index contributed by atoms with van der Waals surface area (Å²) in [5.41, 5.74) is 2.07. The summed E-state index contributed by atoms with van der Waals surface area (Å²) in [6.45, 7) is 7.37. The zero-order valence-electron chi connectivity index (χ0n) is 12.7. The summed E-state index contributed by atoms with van der Waals surface area (Å²) < 4.78 is 0. The van der Waals surface area contributed by atoms with Crippen molar-refractivity contribution in [2.75, 3.05) is 0 Å². The van der Waals surface area contributed by atoms with Crippen LogP contribution in [0.1, 0.15) is 65.7 Å². The van der Waals surface area contributed by atoms with Crippen molar-refractivity contribution in [2.24, 2.45) is 29.1 Å². The molecular weight excluding hydrogens is 232 g/mol. The molecule has 0 aromatic carbocycles. The lowest BCUT2D eigenvalue weighted by atomic mass is 9.51. The Morgan fingerprint density at radius 2 is 2.00 bits per heavy atom. The van der Waals surface area contributed by atoms with Crippen LogP contribution in [0.4, 0.5) is 0 Å². The highest BCUT2D eigenvalue weighted by atomic mass is 16.1. The van der Waals surface area contributed by atoms with Crippen molar-refractivity contribution < 1.29 is 4.79 Å². The van der Waals surface area contributed by atoms with Gasteiger partial charge < -0.3 is 0 Å². The first-order valence-corrected chi connectivity index (χ1v) is 8.28. The van der Waals surface area contributed by atoms with Crippen LogP contribution in [-0.2, 0) is 4.79 Å². The standard InChI is InChI=1S/C18H28O/c1-4-18(3)10-9-17-15(12(18)2)7-5-13-11-14(19)6-8-16(13)17/h11-12,15-17H,4-10H2,1-3H3/t12?,15-,16-,17-,18-/m0/s1. The number of ketones is 1. The first kappa shape index (κ1) is 13.4. The number of fused-ring (bicyclic) bond motifs is 3. The highest BCUT2D eigenvalue weighted by molar-refractivity contribution is 5.91. The summed E-state index contributed by atoms with van der Waals surface area (Å²) in [7, 11) is 0. The Kier molecular flexibility index (Phi) is 3.35. The second kappa shape index (κ2) is 4.75. The van der Waals surface area contributed by atoms with E-state index in [4.69, 9.17) is 0 Å². The van der Waals surface area contributed by atoms with E-state index in [2.05, 4.69) is 20.8 Å². The minimum absolute atomic E-state index is 0.381. The zero-order chi connectivity index (χ0) is 13.6. The van der Waals surface area contributed by atoms with Gasteiger partial charge >= 0.3 is 0 Å². The molecule has 0 radical (unpaired) electrons. The molecular formula is C18H28O. The predicted molar refractivity (Wildman–Crippen MR) is 78.8 cm³/mol. The molecule has 1 unspecified atom stereocenters. The molecule has 2 saturated carbocycles. The Labute approximate surface area is 117 Å². The monoisotopic (exact) mass is 260 g/mol. The molecule has 0 heterocycles. The predicted octanol–water partition coefficient (Wildman–Crippen LogP) is 4.76. The molecule has 0 N–H and O–H groups in total. The van der Waals surface area contributed by atoms with Gasteiger partial charge in [0.25, 0.3) is 0 Å². The molecule has 106 valence electrons. The van der Waals surface area contributed by atoms with E-state index in [0.717, 1.165) is 36.5 Å². The Morgan fingerprint density at radius 1 is 1.21 bits per heavy atom. The molecule has 0 spiro atoms. The molecule has 1 nitrogen and oxygen atoms in total. The summed E-state index contributed by atoms with van der Waals surface area (Å²) in [5.74, 6) is 3.78. The highest BCUT2D eigenvalue weighted by Gasteiger charge is 2.48. The molecule has 1 heteroatoms. The maximum atomic E-state index is 11.6. The van der Waals surface area contributed by atoms with E-state index < -0.39 is 0 Å². The third kappa shape index (κ3) is 2.10. The van der Waals surface area contributed by atoms with Crippen LogP contribution in [-0.4, -0.2) is 5.78 Å². The third-order valence-corrected chi connectivity index (χ3v) is 6.96. The summed E-state index contributed by atoms with van der Waals surface area (Å²) in [6.07, 6.45) is 10.6. The van der Waals surface area contributed by atoms with Crippen molar-refractivity contribution >= 4 is 5.78 Å². The van der Waals surface area contributed by atoms with Crippen molar-refractivity contribution in [3.8, 4) is 0 Å². The fourth-order valence-corrected chi connectivity index (χ4v) is 5.24. The number of carbonyl (C=O) groups excluding carboxylic acids is 1. The van der Waals surface area contributed by atoms with Crippen LogP contribution >= 0.6 is 0 Å². The van der Waals surface area contributed by atoms with Gasteiger partial charge in [0.2, 0.25) is 0 Å². The molecule has 0 aromatic rings. The van der Waals surface area contributed by atoms with Crippen LogP contribution < -0.4 is 0 Å². The fraction of sp³-hybridized carbons (Fsp3) is 0.833. The zero-order valence-corrected chi connectivity index (χ0v) is 12.7. The van der Waals surface area contributed by atoms with Crippen LogP contribution in [0.2, 0.25) is 0 Å². The van der Waals surface area contributed by atoms with E-state index in [1.807, 2.05) is 6.08 Å². The number of rotatable bonds is 1. The molecule has 19 heavy (non-hydrogen) atoms. The maximum Gasteiger partial charge on any atom is 0.155 e. The van der Waals surface area contributed by atoms with E-state index in [0.29, 0.717) is 11.2 Å². The summed E-state index contributed by atoms with van der Waals surface area (Å²) in [5, 5.41) is 0. The summed E-state index contributed by atoms with van der Waals surface area (Å²) in [6, 6.07) is 0. The Bertz CT molecular complexity index is 408. The number of allylic oxidation sites excluding steroid dienone is 2. The van der Waals surface area contributed by atoms with Crippen molar-refractivity contribution in [1.29, 1.82) is 0 Å². The number of hydrogen-bond donors (Lipinski definition) is 0. The molecule has 5 atom stereocenters. The lowest BCUT2D eigenvalue weighted by Gasteiger charge is -2.53. The molecule has 3 rings (SSSR count). The van der Waals surface area contributed by atoms with Gasteiger partial charge in [-0.2, -0.15) is 0 Å². The molecule has 3 aliphatic carbocycles. The Morgan fingerprint density at radius 3 is 2.74 bits per heavy atom. The van der Waals surface area contributed by atoms with Crippen molar-refractivity contribution in [3.63, 3.8) is 0 Å². The topological polar surface area (TPSA) is 17.1 Å². The third-order valence-electron chi connectivity index (χ3n) is 6.96. The van der Waals surface area contributed by atoms with Crippen LogP contribution in [0, 0.1) is 29.1 Å². The molecule has 0 aromatic heterocycles. The van der Waals surface area contributed by atoms with E-state index in [9.17, 15) is 4.79 Å². The van der Waals surface area contributed by atoms with Crippen molar-refractivity contribution in [1.82, 2.24) is 0 Å². The first-order valence-electron chi connectivity index (χ1n) is 8.28. The minimum atomic E-state index is 0.381. The van der Waals surface area contributed by atoms with Gasteiger partial charge in [-0.3, -0.25) is 4.79 Å². The van der Waals surface area contributed by atoms with Gasteiger partial charge in [-0.25, -0.2) is 0 Å². The van der Waals surface area contributed by atoms with E-state index in [1.165, 1.54) is 37.7 Å². The molecule has 0 saturated heterocycles. The van der Waals surface area contributed by atoms with Crippen LogP contribution in [0.3, 0.4) is 0 Å². The first-order chi connectivity index (χ1) is 9.05. The van der Waals surface area contributed by atoms with Crippen molar-refractivity contribution in [3.05, 3.63) is 11.6 Å². The average molecular weight is 260 g/mol. The Hall–Kier alpha value is -0.590. The van der Waals surface area contributed by atoms with Gasteiger partial charge in [-0.05, 0) is 67.3 Å². The van der Waals surface area contributed by atoms with Gasteiger partial charge in [0.1, 0.15) is 0 Å². The molecule has 0 aliphatic heterocycles. The van der Waals surface area contributed by atoms with Gasteiger partial charge in [0.05, 0.1) is 0 Å². The molecule has 0 amide bonds. The second-order valence-electron chi connectivity index (χ2n) is 7.53. The van der Waals surface area contributed by atoms with Gasteiger partial charge in [-0.1, -0.05) is 32.8 Å². The summed E-state index contributed by atoms with van der Waals surface area (Å²) >= 11 is 0. The minimum Gasteiger partial charge on any atom is -0.295 e. The van der Waals surface area contributed by atoms with Gasteiger partial charge in [0, 0.05) is 6.42 Å². The fourth-order valence-electron chi connectivity index (χ4n) is 5.24. The normalized spacial score (nSPS) is 46.3. The van der Waals surface area contributed by atoms with E-state index >= 15 is 0 Å². The lowest BCUT2D eigenvalue weighted by molar-refractivity contribution is -0.116. The van der Waals surface area contributed by atoms with E-state index in [1.54, 1.807) is 0 Å². The second-order valence-corrected chi connectivity index (χ2v) is 7.53. The average Bonchev–Trinajstić information content (AvgIpc) is 2.42. The number of hydrogen-bond acceptors (Lipinski definition) is 1. The van der Waals surface area contributed by atoms with E-state index in [-0.39, 0.29) is 0 Å². The lowest BCUT2D eigenvalue weighted by Crippen LogP contribution is -2.45. The van der Waals surface area contributed by atoms with Crippen molar-refractivity contribution in [2.45, 2.75) is 65.7 Å². The maximum absolute atomic E-state index is 11.6. The van der Waals surface area contributed by atoms with Gasteiger partial charge in [-0.15, -0.1) is 0 Å². The van der Waals surface area contributed by atoms with Crippen LogP contribution in [0.25, 0.3) is 0 Å². The quantitative estimate of drug-likeness (QED) is 0.664. The van der Waals surface area contributed by atoms with Crippen LogP contribution in [0.15, 0.2) is 11.6 Å². The van der Waals surface area contributed by atoms with Crippen LogP contribution in [0.5, 0.6) is 0 Å². The highest BCUT2D eigenvalue weighted by Crippen LogP contribution is 2.57.